The van der Waals surface area contributed by atoms with Crippen LogP contribution < -0.4 is 45.0 Å². The molecule has 4 aliphatic heterocycles. The third-order valence-electron chi connectivity index (χ3n) is 14.8. The summed E-state index contributed by atoms with van der Waals surface area (Å²) in [6.45, 7) is 19.8. The molecule has 0 aliphatic carbocycles. The average molecular weight is 1530 g/mol. The van der Waals surface area contributed by atoms with E-state index in [1.54, 1.807) is 0 Å². The maximum Gasteiger partial charge on any atom is 0.330 e. The van der Waals surface area contributed by atoms with E-state index in [-0.39, 0.29) is 71.9 Å². The van der Waals surface area contributed by atoms with Gasteiger partial charge in [0.1, 0.15) is 80.9 Å². The van der Waals surface area contributed by atoms with Crippen LogP contribution in [0.15, 0.2) is 87.4 Å². The molecule has 19 atom stereocenters. The zero-order chi connectivity index (χ0) is 77.9. The molecule has 0 spiro atoms. The molecule has 101 heavy (non-hydrogen) atoms. The van der Waals surface area contributed by atoms with Gasteiger partial charge in [-0.25, -0.2) is 43.6 Å². The Bertz CT molecular complexity index is 4110. The fourth-order valence-electron chi connectivity index (χ4n) is 10.5. The summed E-state index contributed by atoms with van der Waals surface area (Å²) in [7, 11) is 6.09. The molecule has 8 rings (SSSR count). The van der Waals surface area contributed by atoms with Gasteiger partial charge in [0.15, 0.2) is 24.9 Å². The Morgan fingerprint density at radius 1 is 0.554 bits per heavy atom. The zero-order valence-electron chi connectivity index (χ0n) is 60.4. The Balaban J connectivity index is 0.000000361. The van der Waals surface area contributed by atoms with Crippen molar-refractivity contribution in [2.75, 3.05) is 95.3 Å². The van der Waals surface area contributed by atoms with Crippen molar-refractivity contribution in [3.8, 4) is 0 Å². The van der Waals surface area contributed by atoms with Crippen LogP contribution in [0.1, 0.15) is 69.1 Å². The topological polar surface area (TPSA) is 444 Å². The van der Waals surface area contributed by atoms with Crippen molar-refractivity contribution in [1.82, 2.24) is 42.9 Å². The quantitative estimate of drug-likeness (QED) is 0.0195. The molecule has 44 heteroatoms. The van der Waals surface area contributed by atoms with E-state index in [2.05, 4.69) is 44.7 Å². The Labute approximate surface area is 594 Å². The summed E-state index contributed by atoms with van der Waals surface area (Å²) in [6.07, 6.45) is -12.5. The van der Waals surface area contributed by atoms with Crippen LogP contribution in [0.5, 0.6) is 0 Å². The summed E-state index contributed by atoms with van der Waals surface area (Å²) < 4.78 is 130. The minimum atomic E-state index is -3.92. The molecular weight excluding hydrogens is 1440 g/mol. The van der Waals surface area contributed by atoms with E-state index in [9.17, 15) is 43.5 Å². The molecule has 7 unspecified atom stereocenters. The van der Waals surface area contributed by atoms with Gasteiger partial charge >= 0.3 is 36.2 Å². The summed E-state index contributed by atoms with van der Waals surface area (Å²) in [5, 5.41) is 17.9. The first-order valence-electron chi connectivity index (χ1n) is 32.6. The van der Waals surface area contributed by atoms with E-state index in [0.717, 1.165) is 42.5 Å². The lowest BCUT2D eigenvalue weighted by molar-refractivity contribution is -0.0642. The number of nitrogens with zero attached hydrogens (tertiary/aromatic N) is 8. The van der Waals surface area contributed by atoms with Crippen LogP contribution in [0.3, 0.4) is 0 Å². The molecule has 4 fully saturated rings. The molecule has 8 heterocycles. The van der Waals surface area contributed by atoms with Gasteiger partial charge in [-0.1, -0.05) is 0 Å². The second kappa shape index (κ2) is 41.0. The second-order valence-electron chi connectivity index (χ2n) is 21.8. The Hall–Kier alpha value is -5.88. The number of ether oxygens (including phenoxy) is 8. The molecule has 4 aromatic rings. The summed E-state index contributed by atoms with van der Waals surface area (Å²) in [6, 6.07) is 4.39. The van der Waals surface area contributed by atoms with E-state index in [4.69, 9.17) is 123 Å². The highest BCUT2D eigenvalue weighted by Crippen LogP contribution is 2.57. The van der Waals surface area contributed by atoms with Gasteiger partial charge in [-0.2, -0.15) is 0 Å². The number of aromatic nitrogens is 8. The van der Waals surface area contributed by atoms with Crippen molar-refractivity contribution in [2.45, 2.75) is 152 Å². The first-order chi connectivity index (χ1) is 50.1. The number of aromatic amines is 4. The Kier molecular flexibility index (Phi) is 32.2. The third kappa shape index (κ3) is 22.3. The Morgan fingerprint density at radius 2 is 0.881 bits per heavy atom. The van der Waals surface area contributed by atoms with Crippen molar-refractivity contribution in [2.24, 2.45) is 0 Å². The van der Waals surface area contributed by atoms with Crippen molar-refractivity contribution in [3.05, 3.63) is 167 Å². The highest BCUT2D eigenvalue weighted by molar-refractivity contribution is 8.07. The highest BCUT2D eigenvalue weighted by Gasteiger charge is 2.54. The molecule has 4 saturated heterocycles. The number of hydrogen-bond acceptors (Lipinski definition) is 30. The van der Waals surface area contributed by atoms with Crippen LogP contribution in [-0.2, 0) is 97.7 Å². The first kappa shape index (κ1) is 79.2. The fraction of sp³-hybridized carbons (Fsp3) is 0.667. The molecule has 7 N–H and O–H groups in total. The molecule has 0 bridgehead atoms. The number of aliphatic hydroxyl groups excluding tert-OH is 3. The van der Waals surface area contributed by atoms with Crippen LogP contribution in [-0.4, -0.2) is 242 Å². The predicted octanol–water partition coefficient (Wildman–Crippen LogP) is 0.232. The maximum absolute atomic E-state index is 13.0. The molecule has 562 valence electrons. The van der Waals surface area contributed by atoms with E-state index >= 15 is 0 Å². The van der Waals surface area contributed by atoms with Gasteiger partial charge in [-0.15, -0.1) is 0 Å². The van der Waals surface area contributed by atoms with Crippen molar-refractivity contribution in [1.29, 1.82) is 2.86 Å². The molecular formula is C57H85N12O27P3S2. The van der Waals surface area contributed by atoms with Gasteiger partial charge in [-0.05, 0) is 65.1 Å². The largest absolute Gasteiger partial charge is 0.400 e. The minimum absolute atomic E-state index is 0.0664. The summed E-state index contributed by atoms with van der Waals surface area (Å²) in [5.41, 5.74) is -5.59. The number of aliphatic hydroxyl groups is 3. The molecule has 0 amide bonds. The molecule has 39 nitrogen and oxygen atoms in total. The smallest absolute Gasteiger partial charge is 0.330 e. The molecule has 0 aromatic carbocycles. The molecule has 0 saturated carbocycles. The summed E-state index contributed by atoms with van der Waals surface area (Å²) in [5.74, 6) is 0. The van der Waals surface area contributed by atoms with Crippen molar-refractivity contribution in [3.63, 3.8) is 0 Å². The van der Waals surface area contributed by atoms with Gasteiger partial charge < -0.3 is 94.9 Å². The van der Waals surface area contributed by atoms with Gasteiger partial charge in [0, 0.05) is 107 Å². The number of H-pyrrole nitrogens is 4. The Morgan fingerprint density at radius 3 is 1.22 bits per heavy atom. The first-order valence-corrected chi connectivity index (χ1v) is 36.6. The highest BCUT2D eigenvalue weighted by atomic mass is 32.5. The number of nitrogens with one attached hydrogen (secondary N) is 4. The van der Waals surface area contributed by atoms with Crippen molar-refractivity contribution < 1.29 is 92.2 Å². The zero-order valence-corrected chi connectivity index (χ0v) is 60.7. The number of hydrogen-bond donors (Lipinski definition) is 7. The van der Waals surface area contributed by atoms with Crippen LogP contribution in [0.25, 0.3) is 14.5 Å². The van der Waals surface area contributed by atoms with E-state index in [1.807, 2.05) is 32.4 Å². The van der Waals surface area contributed by atoms with Crippen LogP contribution in [0, 0.1) is 19.7 Å². The molecule has 0 radical (unpaired) electrons. The van der Waals surface area contributed by atoms with Crippen LogP contribution in [0.4, 0.5) is 0 Å². The standard InChI is InChI=1S/C32H47N7O13P2S.C23H30N5O12PS.2CH4O/c1-19(2)39(20(3)4)53(46-16-12-33-6)51-26-22(50-30(28(26)45-9)38-15-11-24(41)36-32(38)43)18-48-54(55,47-17-13-34-7)52-25-21(5)49-29(27(25)44-8)37-14-10-23(40)35-31(37)42;1-12-17(19(35-4)21(38-12)28-9-6-15(30)26-23(28)33)40-41(42,36-10-7-24-2)37-11-13-16(31)18(34-3)20(39-13)27-8-5-14(29)25-22(27)32;2*1-2/h10-11,14-15,19-22,25-30H,12-13,16-18H2,1-5,8-9H3,(H,35,40,42)(H,36,41,43);5-6,8-9,12-13,16-21,31H,7,10-11H2,1,3-4H3,(H,25,29,32)(H,26,30,33);2*2H,1H3/t21-,22-,25?,26?,27+,28+,29-,30-,53?,54?;12-,13-,16?,17?,18+,19+,20-,21-,41?;;/m11../s1/i5D;1D;2*2T. The van der Waals surface area contributed by atoms with Crippen LogP contribution >= 0.6 is 22.0 Å². The fourth-order valence-corrected chi connectivity index (χ4v) is 16.5. The lowest BCUT2D eigenvalue weighted by atomic mass is 10.1. The van der Waals surface area contributed by atoms with E-state index < -0.39 is 172 Å². The van der Waals surface area contributed by atoms with Gasteiger partial charge in [0.2, 0.25) is 22.5 Å². The normalized spacial score (nSPS) is 28.1. The SMILES string of the molecule is [2H]C[C@H]1O[C@@H](n2ccc(=O)[nH]c2=O)[C@@H](OC)C1OP(=S)(OCC[N+]#[C-])OC[C@H]1O[C@@H](n2ccc(=O)[nH]c2=O)[C@@H](OC)C1O.[2H]C[C@H]1O[C@@H](n2ccc(=O)[nH]c2=O)[C@@H](OC)C1OP(=S)(OCC[N+]#[C-])OC[C@H]1O[C@@H](n2ccc(=O)[nH]c2=O)[C@@H](OC)C1OP(OCC[N+]#[C-])N(C(C)C)C(C)C.[3H]OC.[3H]OC. The van der Waals surface area contributed by atoms with Gasteiger partial charge in [0.05, 0.1) is 25.4 Å². The van der Waals surface area contributed by atoms with E-state index in [0.29, 0.717) is 0 Å². The van der Waals surface area contributed by atoms with Gasteiger partial charge in [-0.3, -0.25) is 66.4 Å². The lowest BCUT2D eigenvalue weighted by Gasteiger charge is -2.38. The van der Waals surface area contributed by atoms with Crippen LogP contribution in [0.2, 0.25) is 0 Å². The number of rotatable bonds is 32. The monoisotopic (exact) mass is 1530 g/mol. The van der Waals surface area contributed by atoms with Crippen molar-refractivity contribution >= 4 is 45.6 Å². The predicted molar refractivity (Wildman–Crippen MR) is 364 cm³/mol. The lowest BCUT2D eigenvalue weighted by Crippen LogP contribution is -2.42. The third-order valence-corrected chi connectivity index (χ3v) is 21.7. The summed E-state index contributed by atoms with van der Waals surface area (Å²) >= 11 is 11.5. The average Bonchev–Trinajstić information content (AvgIpc) is 1.65. The minimum Gasteiger partial charge on any atom is -0.400 e. The maximum atomic E-state index is 13.0. The number of methoxy groups -OCH3 is 4. The second-order valence-corrected chi connectivity index (χ2v) is 29.1. The van der Waals surface area contributed by atoms with E-state index in [1.165, 1.54) is 67.4 Å². The van der Waals surface area contributed by atoms with Gasteiger partial charge in [0.25, 0.3) is 30.8 Å². The molecule has 4 aromatic heterocycles. The molecule has 4 aliphatic rings. The summed E-state index contributed by atoms with van der Waals surface area (Å²) in [4.78, 5) is 116.